The summed E-state index contributed by atoms with van der Waals surface area (Å²) in [6.45, 7) is 9.97. The number of aryl methyl sites for hydroxylation is 3. The van der Waals surface area contributed by atoms with Crippen LogP contribution in [0.3, 0.4) is 0 Å². The van der Waals surface area contributed by atoms with Crippen LogP contribution in [0.4, 0.5) is 0 Å². The molecule has 14 heavy (non-hydrogen) atoms. The summed E-state index contributed by atoms with van der Waals surface area (Å²) in [6.07, 6.45) is 2.01. The predicted octanol–water partition coefficient (Wildman–Crippen LogP) is 2.68. The molecule has 0 aliphatic rings. The average Bonchev–Trinajstić information content (AvgIpc) is 2.49. The second-order valence-corrected chi connectivity index (χ2v) is 3.09. The second kappa shape index (κ2) is 4.22. The smallest absolute Gasteiger partial charge is 0.146 e. The SMILES string of the molecule is CC.Cc1cc2c(C)nc(C)nn2c1. The monoisotopic (exact) mass is 191 g/mol. The van der Waals surface area contributed by atoms with E-state index < -0.39 is 0 Å². The zero-order valence-electron chi connectivity index (χ0n) is 9.50. The van der Waals surface area contributed by atoms with Crippen LogP contribution in [0.15, 0.2) is 12.3 Å². The molecule has 0 radical (unpaired) electrons. The lowest BCUT2D eigenvalue weighted by Gasteiger charge is -1.98. The molecule has 0 saturated carbocycles. The lowest BCUT2D eigenvalue weighted by Crippen LogP contribution is -1.98. The van der Waals surface area contributed by atoms with Gasteiger partial charge in [-0.3, -0.25) is 0 Å². The summed E-state index contributed by atoms with van der Waals surface area (Å²) < 4.78 is 1.88. The molecule has 0 aromatic carbocycles. The van der Waals surface area contributed by atoms with Crippen molar-refractivity contribution in [1.29, 1.82) is 0 Å². The molecule has 2 heterocycles. The molecule has 0 saturated heterocycles. The fraction of sp³-hybridized carbons (Fsp3) is 0.455. The summed E-state index contributed by atoms with van der Waals surface area (Å²) in [6, 6.07) is 2.09. The van der Waals surface area contributed by atoms with Gasteiger partial charge in [0.2, 0.25) is 0 Å². The van der Waals surface area contributed by atoms with Crippen LogP contribution in [0.5, 0.6) is 0 Å². The highest BCUT2D eigenvalue weighted by molar-refractivity contribution is 5.52. The van der Waals surface area contributed by atoms with Crippen LogP contribution < -0.4 is 0 Å². The average molecular weight is 191 g/mol. The number of aromatic nitrogens is 3. The van der Waals surface area contributed by atoms with E-state index in [1.165, 1.54) is 5.56 Å². The number of hydrogen-bond donors (Lipinski definition) is 0. The van der Waals surface area contributed by atoms with Crippen molar-refractivity contribution in [3.8, 4) is 0 Å². The van der Waals surface area contributed by atoms with E-state index in [2.05, 4.69) is 23.1 Å². The first kappa shape index (κ1) is 10.7. The Morgan fingerprint density at radius 2 is 1.79 bits per heavy atom. The fourth-order valence-corrected chi connectivity index (χ4v) is 1.41. The topological polar surface area (TPSA) is 30.2 Å². The van der Waals surface area contributed by atoms with E-state index in [-0.39, 0.29) is 0 Å². The van der Waals surface area contributed by atoms with Crippen LogP contribution in [-0.4, -0.2) is 14.6 Å². The summed E-state index contributed by atoms with van der Waals surface area (Å²) in [5.74, 6) is 0.815. The van der Waals surface area contributed by atoms with E-state index in [4.69, 9.17) is 0 Å². The van der Waals surface area contributed by atoms with E-state index in [0.29, 0.717) is 0 Å². The van der Waals surface area contributed by atoms with Gasteiger partial charge in [-0.05, 0) is 32.4 Å². The zero-order valence-corrected chi connectivity index (χ0v) is 9.50. The first-order chi connectivity index (χ1) is 6.66. The molecule has 2 aromatic rings. The Morgan fingerprint density at radius 3 is 2.43 bits per heavy atom. The highest BCUT2D eigenvalue weighted by Crippen LogP contribution is 2.10. The molecule has 0 spiro atoms. The number of fused-ring (bicyclic) bond motifs is 1. The predicted molar refractivity (Wildman–Crippen MR) is 58.5 cm³/mol. The van der Waals surface area contributed by atoms with Crippen molar-refractivity contribution in [3.05, 3.63) is 29.3 Å². The Labute approximate surface area is 84.8 Å². The van der Waals surface area contributed by atoms with Crippen LogP contribution in [0, 0.1) is 20.8 Å². The van der Waals surface area contributed by atoms with Gasteiger partial charge < -0.3 is 0 Å². The van der Waals surface area contributed by atoms with Crippen molar-refractivity contribution in [2.45, 2.75) is 34.6 Å². The molecule has 2 rings (SSSR count). The Kier molecular flexibility index (Phi) is 3.23. The van der Waals surface area contributed by atoms with Gasteiger partial charge in [-0.25, -0.2) is 9.50 Å². The molecule has 0 amide bonds. The van der Waals surface area contributed by atoms with Crippen molar-refractivity contribution >= 4 is 5.52 Å². The minimum Gasteiger partial charge on any atom is -0.237 e. The van der Waals surface area contributed by atoms with Gasteiger partial charge in [-0.15, -0.1) is 0 Å². The first-order valence-electron chi connectivity index (χ1n) is 4.97. The molecule has 3 heteroatoms. The van der Waals surface area contributed by atoms with Gasteiger partial charge in [-0.1, -0.05) is 13.8 Å². The van der Waals surface area contributed by atoms with E-state index in [0.717, 1.165) is 17.0 Å². The number of rotatable bonds is 0. The molecular weight excluding hydrogens is 174 g/mol. The molecule has 0 unspecified atom stereocenters. The summed E-state index contributed by atoms with van der Waals surface area (Å²) >= 11 is 0. The summed E-state index contributed by atoms with van der Waals surface area (Å²) in [5.41, 5.74) is 3.35. The summed E-state index contributed by atoms with van der Waals surface area (Å²) in [5, 5.41) is 4.26. The van der Waals surface area contributed by atoms with Gasteiger partial charge in [0.05, 0.1) is 11.2 Å². The van der Waals surface area contributed by atoms with Crippen LogP contribution in [0.25, 0.3) is 5.52 Å². The minimum absolute atomic E-state index is 0.815. The second-order valence-electron chi connectivity index (χ2n) is 3.09. The summed E-state index contributed by atoms with van der Waals surface area (Å²) in [7, 11) is 0. The Hall–Kier alpha value is -1.38. The molecule has 0 atom stereocenters. The fourth-order valence-electron chi connectivity index (χ4n) is 1.41. The Bertz CT molecular complexity index is 429. The van der Waals surface area contributed by atoms with Gasteiger partial charge in [-0.2, -0.15) is 5.10 Å². The Morgan fingerprint density at radius 1 is 1.14 bits per heavy atom. The maximum absolute atomic E-state index is 4.28. The first-order valence-corrected chi connectivity index (χ1v) is 4.97. The molecule has 2 aromatic heterocycles. The highest BCUT2D eigenvalue weighted by atomic mass is 15.2. The normalized spacial score (nSPS) is 9.79. The third kappa shape index (κ3) is 1.92. The molecule has 76 valence electrons. The van der Waals surface area contributed by atoms with E-state index in [9.17, 15) is 0 Å². The minimum atomic E-state index is 0.815. The van der Waals surface area contributed by atoms with Crippen molar-refractivity contribution < 1.29 is 0 Å². The van der Waals surface area contributed by atoms with Crippen molar-refractivity contribution in [2.24, 2.45) is 0 Å². The molecule has 0 aliphatic heterocycles. The standard InChI is InChI=1S/C9H11N3.C2H6/c1-6-4-9-7(2)10-8(3)11-12(9)5-6;1-2/h4-5H,1-3H3;1-2H3. The van der Waals surface area contributed by atoms with Crippen molar-refractivity contribution in [3.63, 3.8) is 0 Å². The quantitative estimate of drug-likeness (QED) is 0.641. The van der Waals surface area contributed by atoms with Crippen LogP contribution in [0.2, 0.25) is 0 Å². The maximum atomic E-state index is 4.28. The lowest BCUT2D eigenvalue weighted by atomic mass is 10.3. The van der Waals surface area contributed by atoms with Gasteiger partial charge in [0.1, 0.15) is 5.82 Å². The molecule has 0 fully saturated rings. The molecule has 0 aliphatic carbocycles. The van der Waals surface area contributed by atoms with Gasteiger partial charge >= 0.3 is 0 Å². The van der Waals surface area contributed by atoms with E-state index >= 15 is 0 Å². The molecule has 0 N–H and O–H groups in total. The molecule has 0 bridgehead atoms. The number of hydrogen-bond acceptors (Lipinski definition) is 2. The van der Waals surface area contributed by atoms with Crippen LogP contribution in [-0.2, 0) is 0 Å². The number of nitrogens with zero attached hydrogens (tertiary/aromatic N) is 3. The molecule has 3 nitrogen and oxygen atoms in total. The van der Waals surface area contributed by atoms with E-state index in [1.807, 2.05) is 38.4 Å². The van der Waals surface area contributed by atoms with Crippen molar-refractivity contribution in [2.75, 3.05) is 0 Å². The van der Waals surface area contributed by atoms with E-state index in [1.54, 1.807) is 0 Å². The van der Waals surface area contributed by atoms with Crippen LogP contribution >= 0.6 is 0 Å². The third-order valence-corrected chi connectivity index (χ3v) is 1.89. The maximum Gasteiger partial charge on any atom is 0.146 e. The van der Waals surface area contributed by atoms with Crippen molar-refractivity contribution in [1.82, 2.24) is 14.6 Å². The van der Waals surface area contributed by atoms with Gasteiger partial charge in [0.25, 0.3) is 0 Å². The third-order valence-electron chi connectivity index (χ3n) is 1.89. The zero-order chi connectivity index (χ0) is 10.7. The van der Waals surface area contributed by atoms with Gasteiger partial charge in [0, 0.05) is 6.20 Å². The highest BCUT2D eigenvalue weighted by Gasteiger charge is 2.01. The largest absolute Gasteiger partial charge is 0.237 e. The van der Waals surface area contributed by atoms with Crippen LogP contribution in [0.1, 0.15) is 30.9 Å². The summed E-state index contributed by atoms with van der Waals surface area (Å²) in [4.78, 5) is 4.28. The Balaban J connectivity index is 0.000000461. The lowest BCUT2D eigenvalue weighted by molar-refractivity contribution is 0.840. The van der Waals surface area contributed by atoms with Gasteiger partial charge in [0.15, 0.2) is 0 Å². The molecular formula is C11H17N3.